The van der Waals surface area contributed by atoms with Crippen molar-refractivity contribution in [1.29, 1.82) is 0 Å². The second kappa shape index (κ2) is 8.59. The van der Waals surface area contributed by atoms with Crippen LogP contribution in [-0.4, -0.2) is 25.7 Å². The number of amides is 1. The number of aromatic nitrogens is 4. The number of halogens is 1. The van der Waals surface area contributed by atoms with E-state index in [1.54, 1.807) is 29.1 Å². The molecule has 1 aromatic carbocycles. The molecule has 2 N–H and O–H groups in total. The first-order chi connectivity index (χ1) is 15.2. The Kier molecular flexibility index (Phi) is 5.84. The summed E-state index contributed by atoms with van der Waals surface area (Å²) in [7, 11) is 0. The molecule has 7 nitrogen and oxygen atoms in total. The molecule has 0 aliphatic heterocycles. The van der Waals surface area contributed by atoms with Crippen LogP contribution < -0.4 is 10.9 Å². The molecule has 0 bridgehead atoms. The molecular weight excluding hydrogens is 426 g/mol. The first kappa shape index (κ1) is 21.8. The first-order valence-corrected chi connectivity index (χ1v) is 10.7. The number of nitrogens with one attached hydrogen (secondary N) is 2. The minimum absolute atomic E-state index is 0.0742. The summed E-state index contributed by atoms with van der Waals surface area (Å²) in [6.45, 7) is 7.83. The fraction of sp³-hybridized carbons (Fsp3) is 0.250. The third-order valence-corrected chi connectivity index (χ3v) is 5.61. The predicted molar refractivity (Wildman–Crippen MR) is 126 cm³/mol. The Labute approximate surface area is 190 Å². The average Bonchev–Trinajstić information content (AvgIpc) is 3.17. The van der Waals surface area contributed by atoms with E-state index in [-0.39, 0.29) is 24.1 Å². The van der Waals surface area contributed by atoms with Gasteiger partial charge >= 0.3 is 0 Å². The summed E-state index contributed by atoms with van der Waals surface area (Å²) in [6, 6.07) is 11.0. The van der Waals surface area contributed by atoms with Gasteiger partial charge in [0.25, 0.3) is 11.5 Å². The molecule has 164 valence electrons. The molecule has 3 heterocycles. The van der Waals surface area contributed by atoms with Crippen molar-refractivity contribution in [3.05, 3.63) is 80.4 Å². The van der Waals surface area contributed by atoms with Crippen LogP contribution in [0.1, 0.15) is 47.1 Å². The minimum atomic E-state index is -0.296. The van der Waals surface area contributed by atoms with Gasteiger partial charge < -0.3 is 10.3 Å². The molecule has 0 saturated carbocycles. The zero-order valence-corrected chi connectivity index (χ0v) is 19.1. The Hall–Kier alpha value is -3.45. The van der Waals surface area contributed by atoms with E-state index in [9.17, 15) is 9.59 Å². The molecule has 0 spiro atoms. The number of H-pyrrole nitrogens is 1. The van der Waals surface area contributed by atoms with E-state index in [1.807, 2.05) is 45.9 Å². The van der Waals surface area contributed by atoms with Crippen molar-refractivity contribution in [1.82, 2.24) is 25.1 Å². The van der Waals surface area contributed by atoms with E-state index in [2.05, 4.69) is 15.4 Å². The molecule has 8 heteroatoms. The van der Waals surface area contributed by atoms with Gasteiger partial charge in [-0.25, -0.2) is 9.67 Å². The molecule has 4 rings (SSSR count). The number of rotatable bonds is 5. The highest BCUT2D eigenvalue weighted by atomic mass is 35.5. The summed E-state index contributed by atoms with van der Waals surface area (Å²) in [5, 5.41) is 8.61. The van der Waals surface area contributed by atoms with Gasteiger partial charge in [-0.15, -0.1) is 0 Å². The maximum Gasteiger partial charge on any atom is 0.253 e. The normalized spacial score (nSPS) is 11.3. The fourth-order valence-electron chi connectivity index (χ4n) is 3.72. The average molecular weight is 450 g/mol. The highest BCUT2D eigenvalue weighted by Gasteiger charge is 2.19. The van der Waals surface area contributed by atoms with Gasteiger partial charge in [0.05, 0.1) is 22.8 Å². The number of benzene rings is 1. The number of fused-ring (bicyclic) bond motifs is 1. The Morgan fingerprint density at radius 3 is 2.56 bits per heavy atom. The van der Waals surface area contributed by atoms with Crippen LogP contribution in [0.4, 0.5) is 0 Å². The SMILES string of the molecule is Cc1cc(C)c(CNC(=O)c2cc(-c3ccc(Cl)cc3)nc3c2cnn3C(C)C)c(=O)[nH]1. The van der Waals surface area contributed by atoms with Gasteiger partial charge in [0.15, 0.2) is 5.65 Å². The van der Waals surface area contributed by atoms with Crippen LogP contribution in [0.2, 0.25) is 5.02 Å². The summed E-state index contributed by atoms with van der Waals surface area (Å²) in [4.78, 5) is 33.1. The van der Waals surface area contributed by atoms with Crippen molar-refractivity contribution in [2.24, 2.45) is 0 Å². The Morgan fingerprint density at radius 1 is 1.19 bits per heavy atom. The van der Waals surface area contributed by atoms with Crippen molar-refractivity contribution in [3.63, 3.8) is 0 Å². The van der Waals surface area contributed by atoms with Crippen LogP contribution in [0.3, 0.4) is 0 Å². The Bertz CT molecular complexity index is 1370. The van der Waals surface area contributed by atoms with E-state index in [0.717, 1.165) is 16.8 Å². The largest absolute Gasteiger partial charge is 0.348 e. The van der Waals surface area contributed by atoms with Gasteiger partial charge in [-0.2, -0.15) is 5.10 Å². The van der Waals surface area contributed by atoms with Gasteiger partial charge in [-0.05, 0) is 57.5 Å². The summed E-state index contributed by atoms with van der Waals surface area (Å²) < 4.78 is 1.79. The maximum atomic E-state index is 13.2. The van der Waals surface area contributed by atoms with E-state index in [4.69, 9.17) is 16.6 Å². The topological polar surface area (TPSA) is 92.7 Å². The number of aryl methyl sites for hydroxylation is 2. The number of hydrogen-bond donors (Lipinski definition) is 2. The van der Waals surface area contributed by atoms with Crippen LogP contribution in [0.15, 0.2) is 47.4 Å². The fourth-order valence-corrected chi connectivity index (χ4v) is 3.84. The standard InChI is InChI=1S/C24H24ClN5O2/c1-13(2)30-22-20(12-27-30)18(10-21(29-22)16-5-7-17(25)8-6-16)23(31)26-11-19-14(3)9-15(4)28-24(19)32/h5-10,12-13H,11H2,1-4H3,(H,26,31)(H,28,32). The highest BCUT2D eigenvalue weighted by molar-refractivity contribution is 6.30. The lowest BCUT2D eigenvalue weighted by Crippen LogP contribution is -2.28. The lowest BCUT2D eigenvalue weighted by Gasteiger charge is -2.12. The highest BCUT2D eigenvalue weighted by Crippen LogP contribution is 2.27. The molecule has 0 aliphatic carbocycles. The van der Waals surface area contributed by atoms with Gasteiger partial charge in [0.2, 0.25) is 0 Å². The molecule has 0 aliphatic rings. The number of hydrogen-bond acceptors (Lipinski definition) is 4. The second-order valence-corrected chi connectivity index (χ2v) is 8.54. The van der Waals surface area contributed by atoms with Crippen molar-refractivity contribution in [3.8, 4) is 11.3 Å². The quantitative estimate of drug-likeness (QED) is 0.466. The second-order valence-electron chi connectivity index (χ2n) is 8.11. The molecule has 32 heavy (non-hydrogen) atoms. The van der Waals surface area contributed by atoms with Crippen molar-refractivity contribution in [2.75, 3.05) is 0 Å². The molecule has 0 fully saturated rings. The van der Waals surface area contributed by atoms with Crippen LogP contribution in [-0.2, 0) is 6.54 Å². The monoisotopic (exact) mass is 449 g/mol. The molecule has 0 unspecified atom stereocenters. The van der Waals surface area contributed by atoms with Crippen LogP contribution >= 0.6 is 11.6 Å². The minimum Gasteiger partial charge on any atom is -0.348 e. The maximum absolute atomic E-state index is 13.2. The summed E-state index contributed by atoms with van der Waals surface area (Å²) in [6.07, 6.45) is 1.66. The molecule has 0 atom stereocenters. The molecular formula is C24H24ClN5O2. The predicted octanol–water partition coefficient (Wildman–Crippen LogP) is 4.57. The third-order valence-electron chi connectivity index (χ3n) is 5.36. The van der Waals surface area contributed by atoms with Crippen molar-refractivity contribution < 1.29 is 4.79 Å². The number of carbonyl (C=O) groups excluding carboxylic acids is 1. The molecule has 3 aromatic heterocycles. The van der Waals surface area contributed by atoms with Gasteiger partial charge in [0, 0.05) is 34.4 Å². The number of aromatic amines is 1. The van der Waals surface area contributed by atoms with Gasteiger partial charge in [-0.1, -0.05) is 23.7 Å². The zero-order valence-electron chi connectivity index (χ0n) is 18.4. The lowest BCUT2D eigenvalue weighted by molar-refractivity contribution is 0.0952. The van der Waals surface area contributed by atoms with Gasteiger partial charge in [0.1, 0.15) is 0 Å². The van der Waals surface area contributed by atoms with E-state index in [0.29, 0.717) is 32.9 Å². The van der Waals surface area contributed by atoms with E-state index >= 15 is 0 Å². The molecule has 0 radical (unpaired) electrons. The summed E-state index contributed by atoms with van der Waals surface area (Å²) >= 11 is 6.03. The van der Waals surface area contributed by atoms with Gasteiger partial charge in [-0.3, -0.25) is 9.59 Å². The number of pyridine rings is 2. The van der Waals surface area contributed by atoms with Crippen molar-refractivity contribution >= 4 is 28.5 Å². The summed E-state index contributed by atoms with van der Waals surface area (Å²) in [5.74, 6) is -0.296. The number of nitrogens with zero attached hydrogens (tertiary/aromatic N) is 3. The Balaban J connectivity index is 1.76. The van der Waals surface area contributed by atoms with Crippen LogP contribution in [0.25, 0.3) is 22.3 Å². The van der Waals surface area contributed by atoms with E-state index < -0.39 is 0 Å². The first-order valence-electron chi connectivity index (χ1n) is 10.4. The molecule has 1 amide bonds. The smallest absolute Gasteiger partial charge is 0.253 e. The van der Waals surface area contributed by atoms with E-state index in [1.165, 1.54) is 0 Å². The summed E-state index contributed by atoms with van der Waals surface area (Å²) in [5.41, 5.74) is 4.52. The third kappa shape index (κ3) is 4.16. The van der Waals surface area contributed by atoms with Crippen LogP contribution in [0, 0.1) is 13.8 Å². The van der Waals surface area contributed by atoms with Crippen LogP contribution in [0.5, 0.6) is 0 Å². The van der Waals surface area contributed by atoms with Crippen molar-refractivity contribution in [2.45, 2.75) is 40.3 Å². The zero-order chi connectivity index (χ0) is 23.0. The molecule has 0 saturated heterocycles. The Morgan fingerprint density at radius 2 is 1.91 bits per heavy atom. The number of carbonyl (C=O) groups is 1. The molecule has 4 aromatic rings. The lowest BCUT2D eigenvalue weighted by atomic mass is 10.1.